The van der Waals surface area contributed by atoms with E-state index in [1.54, 1.807) is 0 Å². The SMILES string of the molecule is Cl.[2H]C([2H])([2H])C(N)c1cccc(C(F)F)c1F. The van der Waals surface area contributed by atoms with Crippen LogP contribution in [0.25, 0.3) is 0 Å². The third kappa shape index (κ3) is 2.62. The van der Waals surface area contributed by atoms with E-state index in [1.165, 1.54) is 0 Å². The van der Waals surface area contributed by atoms with E-state index in [-0.39, 0.29) is 12.4 Å². The van der Waals surface area contributed by atoms with Crippen LogP contribution in [0.1, 0.15) is 34.6 Å². The number of hydrogen-bond donors (Lipinski definition) is 1. The molecule has 1 unspecified atom stereocenters. The van der Waals surface area contributed by atoms with E-state index in [4.69, 9.17) is 9.85 Å². The van der Waals surface area contributed by atoms with Crippen LogP contribution in [0.4, 0.5) is 13.2 Å². The van der Waals surface area contributed by atoms with Crippen molar-refractivity contribution in [2.45, 2.75) is 19.3 Å². The zero-order chi connectivity index (χ0) is 12.5. The standard InChI is InChI=1S/C9H10F3N.ClH/c1-5(13)6-3-2-4-7(8(6)10)9(11)12;/h2-5,9H,13H2,1H3;1H/i1D3;. The molecule has 5 heteroatoms. The number of benzene rings is 1. The van der Waals surface area contributed by atoms with Gasteiger partial charge in [-0.05, 0) is 6.85 Å². The van der Waals surface area contributed by atoms with Gasteiger partial charge in [-0.1, -0.05) is 18.2 Å². The summed E-state index contributed by atoms with van der Waals surface area (Å²) in [6.45, 7) is -2.62. The molecule has 2 N–H and O–H groups in total. The van der Waals surface area contributed by atoms with E-state index in [0.717, 1.165) is 18.2 Å². The average Bonchev–Trinajstić information content (AvgIpc) is 2.15. The molecule has 0 heterocycles. The van der Waals surface area contributed by atoms with Gasteiger partial charge >= 0.3 is 0 Å². The summed E-state index contributed by atoms with van der Waals surface area (Å²) in [5.41, 5.74) is 4.04. The van der Waals surface area contributed by atoms with Crippen LogP contribution in [-0.2, 0) is 0 Å². The Balaban J connectivity index is 0.00000256. The van der Waals surface area contributed by atoms with Crippen molar-refractivity contribution in [2.75, 3.05) is 0 Å². The second-order valence-electron chi connectivity index (χ2n) is 2.53. The zero-order valence-electron chi connectivity index (χ0n) is 10.0. The molecule has 0 fully saturated rings. The first-order valence-electron chi connectivity index (χ1n) is 5.07. The van der Waals surface area contributed by atoms with E-state index in [9.17, 15) is 13.2 Å². The summed E-state index contributed by atoms with van der Waals surface area (Å²) in [4.78, 5) is 0. The number of alkyl halides is 2. The first-order chi connectivity index (χ1) is 7.25. The van der Waals surface area contributed by atoms with E-state index < -0.39 is 36.3 Å². The van der Waals surface area contributed by atoms with Gasteiger partial charge in [0.2, 0.25) is 0 Å². The second-order valence-corrected chi connectivity index (χ2v) is 2.53. The third-order valence-electron chi connectivity index (χ3n) is 1.63. The number of hydrogen-bond acceptors (Lipinski definition) is 1. The van der Waals surface area contributed by atoms with Crippen LogP contribution in [0.15, 0.2) is 18.2 Å². The summed E-state index contributed by atoms with van der Waals surface area (Å²) >= 11 is 0. The topological polar surface area (TPSA) is 26.0 Å². The second kappa shape index (κ2) is 5.22. The Kier molecular flexibility index (Phi) is 3.19. The molecule has 0 saturated heterocycles. The van der Waals surface area contributed by atoms with Gasteiger partial charge in [0.15, 0.2) is 0 Å². The maximum atomic E-state index is 13.5. The molecule has 0 saturated carbocycles. The summed E-state index contributed by atoms with van der Waals surface area (Å²) in [6, 6.07) is 1.55. The smallest absolute Gasteiger partial charge is 0.266 e. The van der Waals surface area contributed by atoms with E-state index in [0.29, 0.717) is 0 Å². The van der Waals surface area contributed by atoms with Crippen LogP contribution >= 0.6 is 12.4 Å². The summed E-state index contributed by atoms with van der Waals surface area (Å²) in [5, 5.41) is 0. The Morgan fingerprint density at radius 1 is 1.36 bits per heavy atom. The first-order valence-corrected chi connectivity index (χ1v) is 3.57. The Labute approximate surface area is 90.7 Å². The van der Waals surface area contributed by atoms with E-state index in [1.807, 2.05) is 0 Å². The van der Waals surface area contributed by atoms with Crippen LogP contribution in [0.5, 0.6) is 0 Å². The minimum absolute atomic E-state index is 0. The van der Waals surface area contributed by atoms with Crippen LogP contribution in [0.3, 0.4) is 0 Å². The van der Waals surface area contributed by atoms with Crippen molar-refractivity contribution in [3.05, 3.63) is 35.1 Å². The van der Waals surface area contributed by atoms with Crippen molar-refractivity contribution in [1.82, 2.24) is 0 Å². The lowest BCUT2D eigenvalue weighted by molar-refractivity contribution is 0.146. The summed E-state index contributed by atoms with van der Waals surface area (Å²) in [6.07, 6.45) is -3.00. The predicted octanol–water partition coefficient (Wildman–Crippen LogP) is 3.20. The van der Waals surface area contributed by atoms with Gasteiger partial charge in [-0.25, -0.2) is 13.2 Å². The Hall–Kier alpha value is -0.740. The van der Waals surface area contributed by atoms with Gasteiger partial charge in [0.05, 0.1) is 5.56 Å². The highest BCUT2D eigenvalue weighted by atomic mass is 35.5. The third-order valence-corrected chi connectivity index (χ3v) is 1.63. The molecule has 14 heavy (non-hydrogen) atoms. The van der Waals surface area contributed by atoms with Gasteiger partial charge in [-0.3, -0.25) is 0 Å². The molecule has 0 aromatic heterocycles. The van der Waals surface area contributed by atoms with Crippen molar-refractivity contribution in [3.63, 3.8) is 0 Å². The molecule has 0 spiro atoms. The molecule has 0 amide bonds. The minimum atomic E-state index is -3.00. The molecule has 0 aliphatic carbocycles. The number of nitrogens with two attached hydrogens (primary N) is 1. The van der Waals surface area contributed by atoms with Crippen LogP contribution in [0, 0.1) is 5.82 Å². The highest BCUT2D eigenvalue weighted by molar-refractivity contribution is 5.85. The summed E-state index contributed by atoms with van der Waals surface area (Å²) < 4.78 is 59.2. The largest absolute Gasteiger partial charge is 0.324 e. The van der Waals surface area contributed by atoms with Gasteiger partial charge in [-0.15, -0.1) is 12.4 Å². The zero-order valence-corrected chi connectivity index (χ0v) is 7.82. The van der Waals surface area contributed by atoms with E-state index >= 15 is 0 Å². The Bertz CT molecular complexity index is 384. The maximum Gasteiger partial charge on any atom is 0.266 e. The predicted molar refractivity (Wildman–Crippen MR) is 51.2 cm³/mol. The molecule has 0 radical (unpaired) electrons. The molecule has 1 rings (SSSR count). The fourth-order valence-electron chi connectivity index (χ4n) is 0.977. The van der Waals surface area contributed by atoms with Gasteiger partial charge in [0.25, 0.3) is 6.43 Å². The molecule has 80 valence electrons. The lowest BCUT2D eigenvalue weighted by Gasteiger charge is -2.09. The van der Waals surface area contributed by atoms with Crippen molar-refractivity contribution in [1.29, 1.82) is 0 Å². The van der Waals surface area contributed by atoms with Crippen LogP contribution in [-0.4, -0.2) is 0 Å². The lowest BCUT2D eigenvalue weighted by Crippen LogP contribution is -2.09. The average molecular weight is 229 g/mol. The summed E-state index contributed by atoms with van der Waals surface area (Å²) in [5.74, 6) is -1.25. The monoisotopic (exact) mass is 228 g/mol. The highest BCUT2D eigenvalue weighted by Crippen LogP contribution is 2.26. The van der Waals surface area contributed by atoms with Crippen molar-refractivity contribution >= 4 is 12.4 Å². The van der Waals surface area contributed by atoms with Crippen molar-refractivity contribution in [3.8, 4) is 0 Å². The van der Waals surface area contributed by atoms with Crippen molar-refractivity contribution < 1.29 is 17.3 Å². The van der Waals surface area contributed by atoms with Gasteiger partial charge in [0.1, 0.15) is 5.82 Å². The quantitative estimate of drug-likeness (QED) is 0.827. The molecular formula is C9H11ClF3N. The minimum Gasteiger partial charge on any atom is -0.324 e. The highest BCUT2D eigenvalue weighted by Gasteiger charge is 2.17. The fourth-order valence-corrected chi connectivity index (χ4v) is 0.977. The first kappa shape index (κ1) is 8.56. The van der Waals surface area contributed by atoms with Gasteiger partial charge in [-0.2, -0.15) is 0 Å². The normalized spacial score (nSPS) is 16.5. The van der Waals surface area contributed by atoms with E-state index in [2.05, 4.69) is 0 Å². The molecule has 1 aromatic rings. The fraction of sp³-hybridized carbons (Fsp3) is 0.333. The molecule has 0 bridgehead atoms. The summed E-state index contributed by atoms with van der Waals surface area (Å²) in [7, 11) is 0. The van der Waals surface area contributed by atoms with Crippen LogP contribution < -0.4 is 5.73 Å². The number of rotatable bonds is 2. The van der Waals surface area contributed by atoms with Gasteiger partial charge < -0.3 is 5.73 Å². The molecular weight excluding hydrogens is 215 g/mol. The molecule has 0 aliphatic rings. The molecule has 0 aliphatic heterocycles. The number of halogens is 4. The molecule has 1 aromatic carbocycles. The molecule has 1 nitrogen and oxygen atoms in total. The molecule has 1 atom stereocenters. The Morgan fingerprint density at radius 2 is 1.93 bits per heavy atom. The Morgan fingerprint density at radius 3 is 2.43 bits per heavy atom. The maximum absolute atomic E-state index is 13.5. The van der Waals surface area contributed by atoms with Crippen LogP contribution in [0.2, 0.25) is 0 Å². The van der Waals surface area contributed by atoms with Gasteiger partial charge in [0, 0.05) is 15.7 Å². The van der Waals surface area contributed by atoms with Crippen molar-refractivity contribution in [2.24, 2.45) is 5.73 Å². The lowest BCUT2D eigenvalue weighted by atomic mass is 10.0.